The molecule has 30 heavy (non-hydrogen) atoms. The van der Waals surface area contributed by atoms with Crippen molar-refractivity contribution >= 4 is 15.9 Å². The standard InChI is InChI=1S/C21H23N3O5S/c1-15-3-8-19(25)20(13-15)30(27,28)24-11-9-23(10-12-24)21(26)16(2)29-18-6-4-17(14-22)5-7-18/h3-8,13,16,25H,9-12H2,1-2H3. The largest absolute Gasteiger partial charge is 0.507 e. The number of hydrogen-bond acceptors (Lipinski definition) is 6. The van der Waals surface area contributed by atoms with E-state index in [4.69, 9.17) is 10.00 Å². The maximum atomic E-state index is 12.9. The molecule has 1 N–H and O–H groups in total. The number of carbonyl (C=O) groups excluding carboxylic acids is 1. The first-order valence-corrected chi connectivity index (χ1v) is 10.9. The number of hydrogen-bond donors (Lipinski definition) is 1. The lowest BCUT2D eigenvalue weighted by atomic mass is 10.2. The number of aryl methyl sites for hydroxylation is 1. The highest BCUT2D eigenvalue weighted by Gasteiger charge is 2.33. The smallest absolute Gasteiger partial charge is 0.263 e. The summed E-state index contributed by atoms with van der Waals surface area (Å²) in [4.78, 5) is 14.1. The summed E-state index contributed by atoms with van der Waals surface area (Å²) in [6.07, 6.45) is -0.748. The molecule has 0 bridgehead atoms. The lowest BCUT2D eigenvalue weighted by Crippen LogP contribution is -2.53. The van der Waals surface area contributed by atoms with Crippen molar-refractivity contribution in [3.05, 3.63) is 53.6 Å². The molecule has 2 aromatic carbocycles. The van der Waals surface area contributed by atoms with E-state index >= 15 is 0 Å². The van der Waals surface area contributed by atoms with Gasteiger partial charge >= 0.3 is 0 Å². The summed E-state index contributed by atoms with van der Waals surface area (Å²) in [6.45, 7) is 4.10. The van der Waals surface area contributed by atoms with Gasteiger partial charge in [0.1, 0.15) is 16.4 Å². The molecule has 0 aliphatic carbocycles. The van der Waals surface area contributed by atoms with Gasteiger partial charge in [0, 0.05) is 26.2 Å². The van der Waals surface area contributed by atoms with Crippen LogP contribution in [-0.4, -0.2) is 60.9 Å². The van der Waals surface area contributed by atoms with Crippen LogP contribution in [0.1, 0.15) is 18.1 Å². The second kappa shape index (κ2) is 8.73. The number of rotatable bonds is 5. The molecule has 0 spiro atoms. The summed E-state index contributed by atoms with van der Waals surface area (Å²) in [6, 6.07) is 12.9. The monoisotopic (exact) mass is 429 g/mol. The molecule has 1 amide bonds. The Morgan fingerprint density at radius 1 is 1.13 bits per heavy atom. The van der Waals surface area contributed by atoms with Crippen molar-refractivity contribution in [1.82, 2.24) is 9.21 Å². The summed E-state index contributed by atoms with van der Waals surface area (Å²) in [5.41, 5.74) is 1.23. The van der Waals surface area contributed by atoms with Crippen molar-refractivity contribution in [3.8, 4) is 17.6 Å². The number of nitrogens with zero attached hydrogens (tertiary/aromatic N) is 3. The molecular weight excluding hydrogens is 406 g/mol. The Balaban J connectivity index is 1.62. The van der Waals surface area contributed by atoms with Crippen molar-refractivity contribution in [2.75, 3.05) is 26.2 Å². The fourth-order valence-corrected chi connectivity index (χ4v) is 4.82. The molecule has 2 aromatic rings. The van der Waals surface area contributed by atoms with Gasteiger partial charge in [-0.05, 0) is 55.8 Å². The van der Waals surface area contributed by atoms with Crippen LogP contribution in [0.25, 0.3) is 0 Å². The van der Waals surface area contributed by atoms with Crippen molar-refractivity contribution < 1.29 is 23.1 Å². The van der Waals surface area contributed by atoms with Crippen LogP contribution in [0, 0.1) is 18.3 Å². The first-order valence-electron chi connectivity index (χ1n) is 9.48. The zero-order valence-corrected chi connectivity index (χ0v) is 17.6. The molecule has 1 saturated heterocycles. The third kappa shape index (κ3) is 4.56. The van der Waals surface area contributed by atoms with E-state index in [-0.39, 0.29) is 42.7 Å². The zero-order chi connectivity index (χ0) is 21.9. The highest BCUT2D eigenvalue weighted by molar-refractivity contribution is 7.89. The number of nitriles is 1. The molecule has 9 heteroatoms. The van der Waals surface area contributed by atoms with Gasteiger partial charge in [-0.3, -0.25) is 4.79 Å². The number of aromatic hydroxyl groups is 1. The summed E-state index contributed by atoms with van der Waals surface area (Å²) in [7, 11) is -3.85. The summed E-state index contributed by atoms with van der Waals surface area (Å²) in [5, 5.41) is 18.8. The number of piperazine rings is 1. The lowest BCUT2D eigenvalue weighted by molar-refractivity contribution is -0.139. The summed E-state index contributed by atoms with van der Waals surface area (Å²) in [5.74, 6) is -0.0515. The molecule has 0 saturated carbocycles. The van der Waals surface area contributed by atoms with Crippen molar-refractivity contribution in [1.29, 1.82) is 5.26 Å². The number of ether oxygens (including phenoxy) is 1. The molecular formula is C21H23N3O5S. The maximum Gasteiger partial charge on any atom is 0.263 e. The van der Waals surface area contributed by atoms with Crippen LogP contribution in [0.5, 0.6) is 11.5 Å². The number of carbonyl (C=O) groups is 1. The van der Waals surface area contributed by atoms with Crippen molar-refractivity contribution in [3.63, 3.8) is 0 Å². The number of amides is 1. The Bertz CT molecular complexity index is 1070. The van der Waals surface area contributed by atoms with Gasteiger partial charge in [-0.1, -0.05) is 6.07 Å². The van der Waals surface area contributed by atoms with E-state index in [0.29, 0.717) is 11.3 Å². The molecule has 3 rings (SSSR count). The van der Waals surface area contributed by atoms with Crippen LogP contribution in [0.15, 0.2) is 47.4 Å². The van der Waals surface area contributed by atoms with E-state index < -0.39 is 16.1 Å². The van der Waals surface area contributed by atoms with Gasteiger partial charge in [-0.2, -0.15) is 9.57 Å². The highest BCUT2D eigenvalue weighted by atomic mass is 32.2. The zero-order valence-electron chi connectivity index (χ0n) is 16.8. The minimum Gasteiger partial charge on any atom is -0.507 e. The fourth-order valence-electron chi connectivity index (χ4n) is 3.24. The molecule has 1 fully saturated rings. The van der Waals surface area contributed by atoms with Crippen LogP contribution in [0.2, 0.25) is 0 Å². The average molecular weight is 429 g/mol. The first-order chi connectivity index (χ1) is 14.2. The SMILES string of the molecule is Cc1ccc(O)c(S(=O)(=O)N2CCN(C(=O)C(C)Oc3ccc(C#N)cc3)CC2)c1. The molecule has 1 heterocycles. The summed E-state index contributed by atoms with van der Waals surface area (Å²) >= 11 is 0. The predicted molar refractivity (Wildman–Crippen MR) is 109 cm³/mol. The number of phenols is 1. The van der Waals surface area contributed by atoms with E-state index in [1.807, 2.05) is 6.07 Å². The molecule has 0 radical (unpaired) electrons. The molecule has 1 aliphatic rings. The first kappa shape index (κ1) is 21.6. The Labute approximate surface area is 176 Å². The topological polar surface area (TPSA) is 111 Å². The molecule has 0 aromatic heterocycles. The third-order valence-corrected chi connectivity index (χ3v) is 6.86. The normalized spacial score (nSPS) is 16.0. The Kier molecular flexibility index (Phi) is 6.29. The minimum atomic E-state index is -3.85. The number of phenolic OH excluding ortho intramolecular Hbond substituents is 1. The van der Waals surface area contributed by atoms with Gasteiger partial charge < -0.3 is 14.7 Å². The van der Waals surface area contributed by atoms with E-state index in [9.17, 15) is 18.3 Å². The molecule has 8 nitrogen and oxygen atoms in total. The van der Waals surface area contributed by atoms with Crippen molar-refractivity contribution in [2.24, 2.45) is 0 Å². The summed E-state index contributed by atoms with van der Waals surface area (Å²) < 4.78 is 32.7. The number of benzene rings is 2. The van der Waals surface area contributed by atoms with Crippen LogP contribution in [0.3, 0.4) is 0 Å². The molecule has 158 valence electrons. The van der Waals surface area contributed by atoms with Crippen molar-refractivity contribution in [2.45, 2.75) is 24.8 Å². The highest BCUT2D eigenvalue weighted by Crippen LogP contribution is 2.27. The van der Waals surface area contributed by atoms with E-state index in [0.717, 1.165) is 5.56 Å². The Morgan fingerprint density at radius 2 is 1.77 bits per heavy atom. The Hall–Kier alpha value is -3.09. The van der Waals surface area contributed by atoms with Gasteiger partial charge in [0.25, 0.3) is 5.91 Å². The van der Waals surface area contributed by atoms with Gasteiger partial charge in [0.2, 0.25) is 10.0 Å². The second-order valence-corrected chi connectivity index (χ2v) is 9.00. The lowest BCUT2D eigenvalue weighted by Gasteiger charge is -2.35. The molecule has 1 aliphatic heterocycles. The quantitative estimate of drug-likeness (QED) is 0.777. The maximum absolute atomic E-state index is 12.9. The fraction of sp³-hybridized carbons (Fsp3) is 0.333. The van der Waals surface area contributed by atoms with Gasteiger partial charge in [0.05, 0.1) is 11.6 Å². The van der Waals surface area contributed by atoms with Crippen LogP contribution in [0.4, 0.5) is 0 Å². The van der Waals surface area contributed by atoms with Gasteiger partial charge in [-0.25, -0.2) is 8.42 Å². The predicted octanol–water partition coefficient (Wildman–Crippen LogP) is 1.87. The van der Waals surface area contributed by atoms with Crippen LogP contribution >= 0.6 is 0 Å². The van der Waals surface area contributed by atoms with Gasteiger partial charge in [-0.15, -0.1) is 0 Å². The Morgan fingerprint density at radius 3 is 2.37 bits per heavy atom. The molecule has 1 atom stereocenters. The van der Waals surface area contributed by atoms with E-state index in [1.165, 1.54) is 16.4 Å². The van der Waals surface area contributed by atoms with Gasteiger partial charge in [0.15, 0.2) is 6.10 Å². The average Bonchev–Trinajstić information content (AvgIpc) is 2.75. The third-order valence-electron chi connectivity index (χ3n) is 4.93. The molecule has 1 unspecified atom stereocenters. The minimum absolute atomic E-state index is 0.125. The van der Waals surface area contributed by atoms with E-state index in [1.54, 1.807) is 49.1 Å². The van der Waals surface area contributed by atoms with Crippen LogP contribution < -0.4 is 4.74 Å². The van der Waals surface area contributed by atoms with E-state index in [2.05, 4.69) is 0 Å². The van der Waals surface area contributed by atoms with Crippen LogP contribution in [-0.2, 0) is 14.8 Å². The second-order valence-electron chi connectivity index (χ2n) is 7.10. The number of sulfonamides is 1.